The first kappa shape index (κ1) is 19.0. The van der Waals surface area contributed by atoms with Crippen molar-refractivity contribution in [1.29, 1.82) is 0 Å². The third-order valence-electron chi connectivity index (χ3n) is 5.73. The summed E-state index contributed by atoms with van der Waals surface area (Å²) in [6.45, 7) is 5.94. The number of aryl methyl sites for hydroxylation is 4. The second-order valence-electron chi connectivity index (χ2n) is 7.78. The number of hydrogen-bond donors (Lipinski definition) is 2. The lowest BCUT2D eigenvalue weighted by Crippen LogP contribution is -2.38. The Bertz CT molecular complexity index is 1160. The predicted octanol–water partition coefficient (Wildman–Crippen LogP) is 3.94. The molecule has 3 aromatic rings. The molecule has 0 spiro atoms. The Balaban J connectivity index is 1.65. The molecule has 4 rings (SSSR count). The number of aromatic amines is 1. The van der Waals surface area contributed by atoms with Gasteiger partial charge in [-0.05, 0) is 81.0 Å². The van der Waals surface area contributed by atoms with Gasteiger partial charge in [0.1, 0.15) is 10.6 Å². The molecule has 1 unspecified atom stereocenters. The highest BCUT2D eigenvalue weighted by Gasteiger charge is 2.28. The minimum absolute atomic E-state index is 0.136. The number of methoxy groups -OCH3 is 1. The van der Waals surface area contributed by atoms with E-state index in [-0.39, 0.29) is 10.9 Å². The van der Waals surface area contributed by atoms with Gasteiger partial charge in [-0.3, -0.25) is 0 Å². The molecule has 28 heavy (non-hydrogen) atoms. The SMILES string of the molecule is COc1cc(C)c(C)cc1S(=O)(=O)NC1CCc2[nH]c3ccc(C)cc3c2C1. The van der Waals surface area contributed by atoms with Crippen LogP contribution in [-0.4, -0.2) is 26.6 Å². The van der Waals surface area contributed by atoms with Crippen LogP contribution in [0.4, 0.5) is 0 Å². The number of H-pyrrole nitrogens is 1. The van der Waals surface area contributed by atoms with Gasteiger partial charge in [0.2, 0.25) is 10.0 Å². The standard InChI is InChI=1S/C22H26N2O3S/c1-13-5-7-19-17(9-13)18-12-16(6-8-20(18)23-19)24-28(25,26)22-11-15(3)14(2)10-21(22)27-4/h5,7,9-11,16,23-24H,6,8,12H2,1-4H3. The van der Waals surface area contributed by atoms with E-state index in [9.17, 15) is 8.42 Å². The second-order valence-corrected chi connectivity index (χ2v) is 9.46. The Morgan fingerprint density at radius 2 is 1.86 bits per heavy atom. The number of aromatic nitrogens is 1. The summed E-state index contributed by atoms with van der Waals surface area (Å²) >= 11 is 0. The van der Waals surface area contributed by atoms with Crippen LogP contribution in [0.5, 0.6) is 5.75 Å². The molecule has 5 nitrogen and oxygen atoms in total. The fourth-order valence-electron chi connectivity index (χ4n) is 4.05. The molecule has 6 heteroatoms. The van der Waals surface area contributed by atoms with Crippen LogP contribution in [0.15, 0.2) is 35.2 Å². The topological polar surface area (TPSA) is 71.2 Å². The van der Waals surface area contributed by atoms with Crippen LogP contribution < -0.4 is 9.46 Å². The Hall–Kier alpha value is -2.31. The van der Waals surface area contributed by atoms with Crippen LogP contribution in [0.3, 0.4) is 0 Å². The summed E-state index contributed by atoms with van der Waals surface area (Å²) < 4.78 is 34.5. The highest BCUT2D eigenvalue weighted by atomic mass is 32.2. The fourth-order valence-corrected chi connectivity index (χ4v) is 5.55. The molecule has 0 amide bonds. The maximum atomic E-state index is 13.1. The van der Waals surface area contributed by atoms with Gasteiger partial charge in [0.15, 0.2) is 0 Å². The number of nitrogens with one attached hydrogen (secondary N) is 2. The van der Waals surface area contributed by atoms with E-state index in [1.807, 2.05) is 13.8 Å². The van der Waals surface area contributed by atoms with Crippen molar-refractivity contribution < 1.29 is 13.2 Å². The van der Waals surface area contributed by atoms with Crippen LogP contribution >= 0.6 is 0 Å². The molecular weight excluding hydrogens is 372 g/mol. The number of hydrogen-bond acceptors (Lipinski definition) is 3. The summed E-state index contributed by atoms with van der Waals surface area (Å²) in [7, 11) is -2.17. The van der Waals surface area contributed by atoms with Gasteiger partial charge in [0, 0.05) is 22.6 Å². The molecule has 0 aliphatic heterocycles. The molecule has 1 heterocycles. The quantitative estimate of drug-likeness (QED) is 0.699. The molecule has 0 radical (unpaired) electrons. The minimum Gasteiger partial charge on any atom is -0.495 e. The summed E-state index contributed by atoms with van der Waals surface area (Å²) in [5.41, 5.74) is 6.71. The largest absolute Gasteiger partial charge is 0.495 e. The lowest BCUT2D eigenvalue weighted by Gasteiger charge is -2.24. The fraction of sp³-hybridized carbons (Fsp3) is 0.364. The van der Waals surface area contributed by atoms with Crippen molar-refractivity contribution in [2.45, 2.75) is 51.0 Å². The van der Waals surface area contributed by atoms with Crippen molar-refractivity contribution >= 4 is 20.9 Å². The van der Waals surface area contributed by atoms with Crippen molar-refractivity contribution in [1.82, 2.24) is 9.71 Å². The van der Waals surface area contributed by atoms with E-state index in [1.165, 1.54) is 29.3 Å². The number of fused-ring (bicyclic) bond motifs is 3. The maximum absolute atomic E-state index is 13.1. The van der Waals surface area contributed by atoms with Gasteiger partial charge in [0.05, 0.1) is 7.11 Å². The van der Waals surface area contributed by atoms with E-state index in [1.54, 1.807) is 12.1 Å². The van der Waals surface area contributed by atoms with Gasteiger partial charge in [0.25, 0.3) is 0 Å². The Morgan fingerprint density at radius 1 is 1.11 bits per heavy atom. The molecule has 2 aromatic carbocycles. The van der Waals surface area contributed by atoms with Crippen molar-refractivity contribution in [3.05, 3.63) is 58.3 Å². The van der Waals surface area contributed by atoms with Gasteiger partial charge < -0.3 is 9.72 Å². The van der Waals surface area contributed by atoms with E-state index in [0.29, 0.717) is 12.2 Å². The Labute approximate surface area is 166 Å². The first-order chi connectivity index (χ1) is 13.3. The third-order valence-corrected chi connectivity index (χ3v) is 7.28. The van der Waals surface area contributed by atoms with Crippen LogP contribution in [0.1, 0.15) is 34.4 Å². The van der Waals surface area contributed by atoms with Crippen LogP contribution in [-0.2, 0) is 22.9 Å². The highest BCUT2D eigenvalue weighted by molar-refractivity contribution is 7.89. The van der Waals surface area contributed by atoms with Crippen LogP contribution in [0.25, 0.3) is 10.9 Å². The van der Waals surface area contributed by atoms with Crippen molar-refractivity contribution in [2.24, 2.45) is 0 Å². The molecule has 0 saturated heterocycles. The van der Waals surface area contributed by atoms with E-state index >= 15 is 0 Å². The molecule has 0 saturated carbocycles. The first-order valence-electron chi connectivity index (χ1n) is 9.56. The predicted molar refractivity (Wildman–Crippen MR) is 112 cm³/mol. The summed E-state index contributed by atoms with van der Waals surface area (Å²) in [6.07, 6.45) is 2.29. The number of ether oxygens (including phenoxy) is 1. The number of rotatable bonds is 4. The summed E-state index contributed by atoms with van der Waals surface area (Å²) in [6, 6.07) is 9.71. The minimum atomic E-state index is -3.67. The Morgan fingerprint density at radius 3 is 2.61 bits per heavy atom. The van der Waals surface area contributed by atoms with Crippen molar-refractivity contribution in [2.75, 3.05) is 7.11 Å². The van der Waals surface area contributed by atoms with Gasteiger partial charge in [-0.1, -0.05) is 11.6 Å². The average Bonchev–Trinajstić information content (AvgIpc) is 3.00. The smallest absolute Gasteiger partial charge is 0.244 e. The van der Waals surface area contributed by atoms with E-state index in [2.05, 4.69) is 34.8 Å². The van der Waals surface area contributed by atoms with Crippen LogP contribution in [0.2, 0.25) is 0 Å². The molecule has 0 fully saturated rings. The molecule has 1 aliphatic carbocycles. The molecule has 0 bridgehead atoms. The van der Waals surface area contributed by atoms with E-state index in [0.717, 1.165) is 29.5 Å². The molecule has 148 valence electrons. The zero-order valence-corrected chi connectivity index (χ0v) is 17.5. The second kappa shape index (κ2) is 6.94. The summed E-state index contributed by atoms with van der Waals surface area (Å²) in [5.74, 6) is 0.384. The zero-order chi connectivity index (χ0) is 20.1. The normalized spacial score (nSPS) is 16.9. The highest BCUT2D eigenvalue weighted by Crippen LogP contribution is 2.32. The van der Waals surface area contributed by atoms with E-state index in [4.69, 9.17) is 4.74 Å². The lowest BCUT2D eigenvalue weighted by atomic mass is 9.92. The maximum Gasteiger partial charge on any atom is 0.244 e. The van der Waals surface area contributed by atoms with E-state index < -0.39 is 10.0 Å². The van der Waals surface area contributed by atoms with Gasteiger partial charge in [-0.15, -0.1) is 0 Å². The number of benzene rings is 2. The van der Waals surface area contributed by atoms with Gasteiger partial charge in [-0.25, -0.2) is 13.1 Å². The zero-order valence-electron chi connectivity index (χ0n) is 16.7. The third kappa shape index (κ3) is 3.31. The monoisotopic (exact) mass is 398 g/mol. The average molecular weight is 399 g/mol. The molecule has 1 aromatic heterocycles. The summed E-state index contributed by atoms with van der Waals surface area (Å²) in [5, 5.41) is 1.20. The van der Waals surface area contributed by atoms with Crippen LogP contribution in [0, 0.1) is 20.8 Å². The first-order valence-corrected chi connectivity index (χ1v) is 11.0. The molecule has 1 atom stereocenters. The summed E-state index contributed by atoms with van der Waals surface area (Å²) in [4.78, 5) is 3.70. The lowest BCUT2D eigenvalue weighted by molar-refractivity contribution is 0.401. The molecule has 2 N–H and O–H groups in total. The van der Waals surface area contributed by atoms with Crippen molar-refractivity contribution in [3.8, 4) is 5.75 Å². The van der Waals surface area contributed by atoms with Crippen molar-refractivity contribution in [3.63, 3.8) is 0 Å². The van der Waals surface area contributed by atoms with Gasteiger partial charge in [-0.2, -0.15) is 0 Å². The molecule has 1 aliphatic rings. The van der Waals surface area contributed by atoms with Gasteiger partial charge >= 0.3 is 0 Å². The Kier molecular flexibility index (Phi) is 4.71. The molecular formula is C22H26N2O3S. The number of sulfonamides is 1.